The molecular formula is C19H29ClN2O2. The molecule has 0 aromatic heterocycles. The van der Waals surface area contributed by atoms with Crippen LogP contribution in [-0.4, -0.2) is 43.1 Å². The van der Waals surface area contributed by atoms with Crippen molar-refractivity contribution in [1.29, 1.82) is 0 Å². The Morgan fingerprint density at radius 3 is 2.67 bits per heavy atom. The van der Waals surface area contributed by atoms with E-state index in [1.165, 1.54) is 38.8 Å². The van der Waals surface area contributed by atoms with Crippen molar-refractivity contribution in [2.24, 2.45) is 0 Å². The standard InChI is InChI=1S/C19H29ClN2O2/c1-15-14-17(20)8-9-18(15)24-16(2)19(23)21-10-7-13-22-11-5-3-4-6-12-22/h8-9,14,16H,3-7,10-13H2,1-2H3,(H,21,23). The number of nitrogens with one attached hydrogen (secondary N) is 1. The molecule has 1 aromatic carbocycles. The average Bonchev–Trinajstić information content (AvgIpc) is 2.82. The van der Waals surface area contributed by atoms with Crippen LogP contribution in [0.15, 0.2) is 18.2 Å². The number of hydrogen-bond acceptors (Lipinski definition) is 3. The first-order chi connectivity index (χ1) is 11.6. The Morgan fingerprint density at radius 2 is 2.00 bits per heavy atom. The summed E-state index contributed by atoms with van der Waals surface area (Å²) in [6, 6.07) is 5.42. The molecule has 0 bridgehead atoms. The predicted octanol–water partition coefficient (Wildman–Crippen LogP) is 3.80. The van der Waals surface area contributed by atoms with Gasteiger partial charge >= 0.3 is 0 Å². The first-order valence-corrected chi connectivity index (χ1v) is 9.37. The summed E-state index contributed by atoms with van der Waals surface area (Å²) >= 11 is 5.94. The number of aryl methyl sites for hydroxylation is 1. The molecule has 134 valence electrons. The third-order valence-corrected chi connectivity index (χ3v) is 4.69. The molecule has 5 heteroatoms. The van der Waals surface area contributed by atoms with Crippen LogP contribution in [0.25, 0.3) is 0 Å². The van der Waals surface area contributed by atoms with Crippen molar-refractivity contribution in [3.63, 3.8) is 0 Å². The van der Waals surface area contributed by atoms with E-state index in [0.29, 0.717) is 17.3 Å². The molecule has 1 N–H and O–H groups in total. The fraction of sp³-hybridized carbons (Fsp3) is 0.632. The molecule has 1 saturated heterocycles. The Bertz CT molecular complexity index is 528. The molecule has 2 rings (SSSR count). The van der Waals surface area contributed by atoms with E-state index in [9.17, 15) is 4.79 Å². The van der Waals surface area contributed by atoms with Gasteiger partial charge in [-0.15, -0.1) is 0 Å². The number of likely N-dealkylation sites (tertiary alicyclic amines) is 1. The van der Waals surface area contributed by atoms with Gasteiger partial charge in [0.05, 0.1) is 0 Å². The van der Waals surface area contributed by atoms with Crippen molar-refractivity contribution in [2.75, 3.05) is 26.2 Å². The molecule has 0 saturated carbocycles. The van der Waals surface area contributed by atoms with Crippen molar-refractivity contribution < 1.29 is 9.53 Å². The summed E-state index contributed by atoms with van der Waals surface area (Å²) in [5, 5.41) is 3.64. The normalized spacial score (nSPS) is 17.1. The van der Waals surface area contributed by atoms with E-state index in [1.54, 1.807) is 19.1 Å². The number of ether oxygens (including phenoxy) is 1. The van der Waals surface area contributed by atoms with E-state index in [-0.39, 0.29) is 5.91 Å². The van der Waals surface area contributed by atoms with E-state index in [2.05, 4.69) is 10.2 Å². The minimum absolute atomic E-state index is 0.0692. The highest BCUT2D eigenvalue weighted by Crippen LogP contribution is 2.22. The van der Waals surface area contributed by atoms with Gasteiger partial charge in [-0.05, 0) is 76.5 Å². The first kappa shape index (κ1) is 19.1. The third-order valence-electron chi connectivity index (χ3n) is 4.46. The van der Waals surface area contributed by atoms with Crippen LogP contribution in [0.1, 0.15) is 44.6 Å². The number of carbonyl (C=O) groups is 1. The quantitative estimate of drug-likeness (QED) is 0.759. The fourth-order valence-electron chi connectivity index (χ4n) is 3.01. The highest BCUT2D eigenvalue weighted by atomic mass is 35.5. The van der Waals surface area contributed by atoms with Crippen LogP contribution in [0.2, 0.25) is 5.02 Å². The maximum Gasteiger partial charge on any atom is 0.260 e. The molecule has 1 aromatic rings. The Balaban J connectivity index is 1.67. The van der Waals surface area contributed by atoms with Crippen LogP contribution >= 0.6 is 11.6 Å². The van der Waals surface area contributed by atoms with Gasteiger partial charge in [-0.2, -0.15) is 0 Å². The van der Waals surface area contributed by atoms with Gasteiger partial charge in [0.2, 0.25) is 0 Å². The molecule has 24 heavy (non-hydrogen) atoms. The van der Waals surface area contributed by atoms with E-state index < -0.39 is 6.10 Å². The van der Waals surface area contributed by atoms with Crippen molar-refractivity contribution >= 4 is 17.5 Å². The second kappa shape index (κ2) is 9.90. The number of rotatable bonds is 7. The number of benzene rings is 1. The molecule has 0 radical (unpaired) electrons. The van der Waals surface area contributed by atoms with Crippen molar-refractivity contribution in [3.8, 4) is 5.75 Å². The van der Waals surface area contributed by atoms with Crippen LogP contribution in [0.4, 0.5) is 0 Å². The molecule has 1 unspecified atom stereocenters. The zero-order valence-electron chi connectivity index (χ0n) is 14.8. The number of halogens is 1. The molecule has 1 atom stereocenters. The molecule has 1 heterocycles. The van der Waals surface area contributed by atoms with Crippen LogP contribution < -0.4 is 10.1 Å². The summed E-state index contributed by atoms with van der Waals surface area (Å²) in [4.78, 5) is 14.7. The summed E-state index contributed by atoms with van der Waals surface area (Å²) in [6.07, 6.45) is 5.79. The monoisotopic (exact) mass is 352 g/mol. The van der Waals surface area contributed by atoms with Gasteiger partial charge in [-0.25, -0.2) is 0 Å². The molecule has 1 aliphatic heterocycles. The molecular weight excluding hydrogens is 324 g/mol. The summed E-state index contributed by atoms with van der Waals surface area (Å²) < 4.78 is 5.74. The summed E-state index contributed by atoms with van der Waals surface area (Å²) in [6.45, 7) is 7.85. The molecule has 1 fully saturated rings. The van der Waals surface area contributed by atoms with Crippen molar-refractivity contribution in [3.05, 3.63) is 28.8 Å². The summed E-state index contributed by atoms with van der Waals surface area (Å²) in [5.74, 6) is 0.631. The topological polar surface area (TPSA) is 41.6 Å². The van der Waals surface area contributed by atoms with Gasteiger partial charge in [0.1, 0.15) is 5.75 Å². The highest BCUT2D eigenvalue weighted by molar-refractivity contribution is 6.30. The molecule has 4 nitrogen and oxygen atoms in total. The minimum Gasteiger partial charge on any atom is -0.481 e. The summed E-state index contributed by atoms with van der Waals surface area (Å²) in [5.41, 5.74) is 0.934. The number of carbonyl (C=O) groups excluding carboxylic acids is 1. The highest BCUT2D eigenvalue weighted by Gasteiger charge is 2.15. The van der Waals surface area contributed by atoms with E-state index in [0.717, 1.165) is 18.5 Å². The van der Waals surface area contributed by atoms with E-state index in [1.807, 2.05) is 13.0 Å². The Morgan fingerprint density at radius 1 is 1.29 bits per heavy atom. The molecule has 1 amide bonds. The van der Waals surface area contributed by atoms with Crippen LogP contribution in [0.5, 0.6) is 5.75 Å². The second-order valence-electron chi connectivity index (χ2n) is 6.57. The Labute approximate surface area is 150 Å². The van der Waals surface area contributed by atoms with Crippen LogP contribution in [0.3, 0.4) is 0 Å². The molecule has 1 aliphatic rings. The predicted molar refractivity (Wildman–Crippen MR) is 98.8 cm³/mol. The van der Waals surface area contributed by atoms with Crippen molar-refractivity contribution in [1.82, 2.24) is 10.2 Å². The van der Waals surface area contributed by atoms with Crippen molar-refractivity contribution in [2.45, 2.75) is 52.1 Å². The van der Waals surface area contributed by atoms with Crippen LogP contribution in [-0.2, 0) is 4.79 Å². The number of hydrogen-bond donors (Lipinski definition) is 1. The van der Waals surface area contributed by atoms with Crippen LogP contribution in [0, 0.1) is 6.92 Å². The van der Waals surface area contributed by atoms with E-state index in [4.69, 9.17) is 16.3 Å². The Kier molecular flexibility index (Phi) is 7.86. The zero-order valence-corrected chi connectivity index (χ0v) is 15.6. The lowest BCUT2D eigenvalue weighted by Gasteiger charge is -2.20. The van der Waals surface area contributed by atoms with Gasteiger partial charge < -0.3 is 15.0 Å². The number of nitrogens with zero attached hydrogens (tertiary/aromatic N) is 1. The lowest BCUT2D eigenvalue weighted by Crippen LogP contribution is -2.38. The largest absolute Gasteiger partial charge is 0.481 e. The Hall–Kier alpha value is -1.26. The minimum atomic E-state index is -0.511. The molecule has 0 aliphatic carbocycles. The lowest BCUT2D eigenvalue weighted by molar-refractivity contribution is -0.127. The van der Waals surface area contributed by atoms with Gasteiger partial charge in [0, 0.05) is 11.6 Å². The average molecular weight is 353 g/mol. The van der Waals surface area contributed by atoms with Gasteiger partial charge in [0.25, 0.3) is 5.91 Å². The smallest absolute Gasteiger partial charge is 0.260 e. The SMILES string of the molecule is Cc1cc(Cl)ccc1OC(C)C(=O)NCCCN1CCCCCC1. The maximum absolute atomic E-state index is 12.2. The zero-order chi connectivity index (χ0) is 17.4. The third kappa shape index (κ3) is 6.33. The molecule has 0 spiro atoms. The lowest BCUT2D eigenvalue weighted by atomic mass is 10.2. The van der Waals surface area contributed by atoms with Gasteiger partial charge in [0.15, 0.2) is 6.10 Å². The number of amides is 1. The van der Waals surface area contributed by atoms with E-state index >= 15 is 0 Å². The summed E-state index contributed by atoms with van der Waals surface area (Å²) in [7, 11) is 0. The van der Waals surface area contributed by atoms with Gasteiger partial charge in [-0.3, -0.25) is 4.79 Å². The fourth-order valence-corrected chi connectivity index (χ4v) is 3.23. The first-order valence-electron chi connectivity index (χ1n) is 8.99. The second-order valence-corrected chi connectivity index (χ2v) is 7.01. The maximum atomic E-state index is 12.2. The van der Waals surface area contributed by atoms with Gasteiger partial charge in [-0.1, -0.05) is 24.4 Å².